The summed E-state index contributed by atoms with van der Waals surface area (Å²) in [4.78, 5) is 5.10. The van der Waals surface area contributed by atoms with Gasteiger partial charge in [-0.1, -0.05) is 25.0 Å². The minimum Gasteiger partial charge on any atom is -0.354 e. The van der Waals surface area contributed by atoms with Crippen LogP contribution in [0.3, 0.4) is 0 Å². The van der Waals surface area contributed by atoms with Crippen molar-refractivity contribution in [1.82, 2.24) is 25.4 Å². The molecular weight excluding hydrogens is 515 g/mol. The molecule has 0 atom stereocenters. The van der Waals surface area contributed by atoms with Gasteiger partial charge in [0.1, 0.15) is 5.82 Å². The Labute approximate surface area is 195 Å². The third kappa shape index (κ3) is 6.40. The van der Waals surface area contributed by atoms with E-state index in [1.54, 1.807) is 6.07 Å². The summed E-state index contributed by atoms with van der Waals surface area (Å²) in [5, 5.41) is 15.2. The number of halogens is 1. The van der Waals surface area contributed by atoms with Gasteiger partial charge in [-0.2, -0.15) is 0 Å². The zero-order chi connectivity index (χ0) is 21.0. The molecule has 0 spiro atoms. The summed E-state index contributed by atoms with van der Waals surface area (Å²) < 4.78 is 25.6. The largest absolute Gasteiger partial charge is 0.354 e. The van der Waals surface area contributed by atoms with E-state index in [0.29, 0.717) is 24.0 Å². The summed E-state index contributed by atoms with van der Waals surface area (Å²) in [6.45, 7) is 4.73. The predicted molar refractivity (Wildman–Crippen MR) is 129 cm³/mol. The molecule has 0 saturated heterocycles. The number of nitrogens with one attached hydrogen (secondary N) is 2. The van der Waals surface area contributed by atoms with Crippen LogP contribution in [-0.2, 0) is 30.0 Å². The lowest BCUT2D eigenvalue weighted by Crippen LogP contribution is -2.42. The Hall–Kier alpha value is -1.69. The van der Waals surface area contributed by atoms with E-state index in [4.69, 9.17) is 4.99 Å². The Morgan fingerprint density at radius 1 is 1.23 bits per heavy atom. The summed E-state index contributed by atoms with van der Waals surface area (Å²) in [6.07, 6.45) is 5.99. The van der Waals surface area contributed by atoms with Crippen molar-refractivity contribution in [2.24, 2.45) is 12.0 Å². The highest BCUT2D eigenvalue weighted by molar-refractivity contribution is 14.0. The normalized spacial score (nSPS) is 15.1. The number of aliphatic imine (C=N–C) groups is 1. The highest BCUT2D eigenvalue weighted by Crippen LogP contribution is 2.18. The van der Waals surface area contributed by atoms with Crippen molar-refractivity contribution in [3.05, 3.63) is 41.0 Å². The van der Waals surface area contributed by atoms with E-state index in [-0.39, 0.29) is 24.0 Å². The first-order valence-corrected chi connectivity index (χ1v) is 11.8. The van der Waals surface area contributed by atoms with Gasteiger partial charge >= 0.3 is 0 Å². The molecule has 30 heavy (non-hydrogen) atoms. The number of benzene rings is 1. The first kappa shape index (κ1) is 24.6. The van der Waals surface area contributed by atoms with Gasteiger partial charge in [-0.15, -0.1) is 34.2 Å². The van der Waals surface area contributed by atoms with Crippen molar-refractivity contribution in [2.75, 3.05) is 6.26 Å². The number of hydrogen-bond donors (Lipinski definition) is 2. The fourth-order valence-corrected chi connectivity index (χ4v) is 4.54. The van der Waals surface area contributed by atoms with Gasteiger partial charge in [0, 0.05) is 19.3 Å². The van der Waals surface area contributed by atoms with Crippen LogP contribution in [0.4, 0.5) is 0 Å². The molecule has 0 bridgehead atoms. The monoisotopic (exact) mass is 546 g/mol. The molecule has 1 aromatic heterocycles. The maximum atomic E-state index is 11.8. The van der Waals surface area contributed by atoms with Crippen LogP contribution in [0, 0.1) is 13.8 Å². The van der Waals surface area contributed by atoms with Gasteiger partial charge in [0.25, 0.3) is 0 Å². The van der Waals surface area contributed by atoms with Gasteiger partial charge < -0.3 is 15.2 Å². The zero-order valence-corrected chi connectivity index (χ0v) is 21.1. The van der Waals surface area contributed by atoms with Crippen molar-refractivity contribution in [2.45, 2.75) is 63.6 Å². The average Bonchev–Trinajstić information content (AvgIpc) is 3.27. The first-order chi connectivity index (χ1) is 13.7. The topological polar surface area (TPSA) is 101 Å². The van der Waals surface area contributed by atoms with Crippen LogP contribution >= 0.6 is 24.0 Å². The summed E-state index contributed by atoms with van der Waals surface area (Å²) >= 11 is 0. The van der Waals surface area contributed by atoms with Gasteiger partial charge in [-0.3, -0.25) is 0 Å². The third-order valence-corrected chi connectivity index (χ3v) is 6.61. The van der Waals surface area contributed by atoms with Crippen LogP contribution in [0.5, 0.6) is 0 Å². The van der Waals surface area contributed by atoms with E-state index in [1.807, 2.05) is 37.6 Å². The molecule has 1 aromatic carbocycles. The maximum Gasteiger partial charge on any atom is 0.192 e. The van der Waals surface area contributed by atoms with E-state index < -0.39 is 9.84 Å². The second kappa shape index (κ2) is 10.6. The van der Waals surface area contributed by atoms with Gasteiger partial charge in [0.05, 0.1) is 18.0 Å². The molecule has 3 rings (SSSR count). The van der Waals surface area contributed by atoms with Gasteiger partial charge in [-0.05, 0) is 43.9 Å². The molecule has 0 amide bonds. The Bertz CT molecular complexity index is 997. The van der Waals surface area contributed by atoms with E-state index in [1.165, 1.54) is 19.1 Å². The molecule has 1 fully saturated rings. The van der Waals surface area contributed by atoms with E-state index >= 15 is 0 Å². The Kier molecular flexibility index (Phi) is 8.65. The molecule has 1 aliphatic carbocycles. The van der Waals surface area contributed by atoms with E-state index in [2.05, 4.69) is 20.8 Å². The lowest BCUT2D eigenvalue weighted by Gasteiger charge is -2.17. The molecule has 1 saturated carbocycles. The number of guanidine groups is 1. The average molecular weight is 546 g/mol. The fraction of sp³-hybridized carbons (Fsp3) is 0.550. The second-order valence-corrected chi connectivity index (χ2v) is 9.72. The second-order valence-electron chi connectivity index (χ2n) is 7.74. The molecule has 1 heterocycles. The molecule has 10 heteroatoms. The minimum atomic E-state index is -3.21. The number of rotatable bonds is 6. The smallest absolute Gasteiger partial charge is 0.192 e. The number of nitrogens with zero attached hydrogens (tertiary/aromatic N) is 4. The van der Waals surface area contributed by atoms with Crippen molar-refractivity contribution in [3.63, 3.8) is 0 Å². The fourth-order valence-electron chi connectivity index (χ4n) is 3.58. The summed E-state index contributed by atoms with van der Waals surface area (Å²) in [7, 11) is -1.27. The number of aryl methyl sites for hydroxylation is 2. The molecule has 0 unspecified atom stereocenters. The van der Waals surface area contributed by atoms with Gasteiger partial charge in [0.2, 0.25) is 0 Å². The zero-order valence-electron chi connectivity index (χ0n) is 18.0. The van der Waals surface area contributed by atoms with Crippen LogP contribution in [0.25, 0.3) is 0 Å². The lowest BCUT2D eigenvalue weighted by atomic mass is 10.1. The SMILES string of the molecule is Cc1cc(CN=C(NCc2nnc(C)n2C)NC2CCCC2)ccc1S(C)(=O)=O.I. The highest BCUT2D eigenvalue weighted by Gasteiger charge is 2.17. The molecule has 0 aliphatic heterocycles. The standard InChI is InChI=1S/C20H30N6O2S.HI/c1-14-11-16(9-10-18(14)29(4,27)28)12-21-20(23-17-7-5-6-8-17)22-13-19-25-24-15(2)26(19)3;/h9-11,17H,5-8,12-13H2,1-4H3,(H2,21,22,23);1H. The van der Waals surface area contributed by atoms with Crippen molar-refractivity contribution in [3.8, 4) is 0 Å². The molecule has 0 radical (unpaired) electrons. The molecule has 2 N–H and O–H groups in total. The number of hydrogen-bond acceptors (Lipinski definition) is 5. The van der Waals surface area contributed by atoms with Crippen molar-refractivity contribution < 1.29 is 8.42 Å². The van der Waals surface area contributed by atoms with Gasteiger partial charge in [0.15, 0.2) is 21.6 Å². The third-order valence-electron chi connectivity index (χ3n) is 5.35. The van der Waals surface area contributed by atoms with Crippen LogP contribution in [0.2, 0.25) is 0 Å². The van der Waals surface area contributed by atoms with Crippen LogP contribution < -0.4 is 10.6 Å². The van der Waals surface area contributed by atoms with E-state index in [0.717, 1.165) is 41.6 Å². The van der Waals surface area contributed by atoms with Crippen LogP contribution in [0.15, 0.2) is 28.1 Å². The Morgan fingerprint density at radius 3 is 2.50 bits per heavy atom. The Balaban J connectivity index is 0.00000320. The van der Waals surface area contributed by atoms with E-state index in [9.17, 15) is 8.42 Å². The predicted octanol–water partition coefficient (Wildman–Crippen LogP) is 2.63. The van der Waals surface area contributed by atoms with Crippen LogP contribution in [-0.4, -0.2) is 41.4 Å². The maximum absolute atomic E-state index is 11.8. The molecule has 2 aromatic rings. The molecular formula is C20H31IN6O2S. The summed E-state index contributed by atoms with van der Waals surface area (Å²) in [5.41, 5.74) is 1.71. The molecule has 166 valence electrons. The molecule has 8 nitrogen and oxygen atoms in total. The Morgan fingerprint density at radius 2 is 1.93 bits per heavy atom. The van der Waals surface area contributed by atoms with Crippen molar-refractivity contribution in [1.29, 1.82) is 0 Å². The van der Waals surface area contributed by atoms with Crippen LogP contribution in [0.1, 0.15) is 48.5 Å². The number of sulfone groups is 1. The summed E-state index contributed by atoms with van der Waals surface area (Å²) in [6, 6.07) is 5.80. The van der Waals surface area contributed by atoms with Gasteiger partial charge in [-0.25, -0.2) is 13.4 Å². The minimum absolute atomic E-state index is 0. The number of aromatic nitrogens is 3. The molecule has 1 aliphatic rings. The first-order valence-electron chi connectivity index (χ1n) is 9.93. The highest BCUT2D eigenvalue weighted by atomic mass is 127. The van der Waals surface area contributed by atoms with Crippen molar-refractivity contribution >= 4 is 39.8 Å². The lowest BCUT2D eigenvalue weighted by molar-refractivity contribution is 0.601. The quantitative estimate of drug-likeness (QED) is 0.328. The summed E-state index contributed by atoms with van der Waals surface area (Å²) in [5.74, 6) is 2.45.